The van der Waals surface area contributed by atoms with Gasteiger partial charge in [-0.2, -0.15) is 0 Å². The van der Waals surface area contributed by atoms with E-state index in [1.807, 2.05) is 30.3 Å². The number of ether oxygens (including phenoxy) is 2. The minimum absolute atomic E-state index is 0.0290. The van der Waals surface area contributed by atoms with Crippen molar-refractivity contribution in [2.24, 2.45) is 5.92 Å². The molecule has 0 spiro atoms. The van der Waals surface area contributed by atoms with E-state index in [0.717, 1.165) is 31.2 Å². The van der Waals surface area contributed by atoms with Crippen LogP contribution in [0.2, 0.25) is 0 Å². The smallest absolute Gasteiger partial charge is 0.328 e. The fraction of sp³-hybridized carbons (Fsp3) is 0.667. The molecule has 0 radical (unpaired) electrons. The third kappa shape index (κ3) is 8.14. The highest BCUT2D eigenvalue weighted by Crippen LogP contribution is 2.40. The lowest BCUT2D eigenvalue weighted by atomic mass is 9.84. The van der Waals surface area contributed by atoms with Crippen molar-refractivity contribution in [2.75, 3.05) is 19.8 Å². The average Bonchev–Trinajstić information content (AvgIpc) is 3.30. The Bertz CT molecular complexity index is 944. The Labute approximate surface area is 223 Å². The number of carbonyl (C=O) groups excluding carboxylic acids is 3. The number of nitrogens with one attached hydrogen (secondary N) is 1. The first-order valence-corrected chi connectivity index (χ1v) is 13.5. The number of hydrogen-bond acceptors (Lipinski definition) is 9. The van der Waals surface area contributed by atoms with Crippen molar-refractivity contribution < 1.29 is 33.8 Å². The van der Waals surface area contributed by atoms with Crippen molar-refractivity contribution >= 4 is 17.8 Å². The van der Waals surface area contributed by atoms with Gasteiger partial charge < -0.3 is 19.2 Å². The van der Waals surface area contributed by atoms with Crippen molar-refractivity contribution in [3.63, 3.8) is 0 Å². The minimum atomic E-state index is -0.887. The number of likely N-dealkylation sites (tertiary alicyclic amines) is 1. The first kappa shape index (κ1) is 29.3. The molecule has 1 aromatic rings. The molecule has 210 valence electrons. The number of benzene rings is 1. The van der Waals surface area contributed by atoms with Gasteiger partial charge in [-0.1, -0.05) is 43.2 Å². The van der Waals surface area contributed by atoms with E-state index in [1.165, 1.54) is 0 Å². The zero-order valence-electron chi connectivity index (χ0n) is 22.2. The molecule has 11 heteroatoms. The lowest BCUT2D eigenvalue weighted by Crippen LogP contribution is -2.56. The van der Waals surface area contributed by atoms with Crippen LogP contribution in [0.5, 0.6) is 0 Å². The number of rotatable bonds is 14. The van der Waals surface area contributed by atoms with Crippen molar-refractivity contribution in [2.45, 2.75) is 89.4 Å². The molecular weight excluding hydrogens is 494 g/mol. The zero-order chi connectivity index (χ0) is 27.5. The molecule has 1 saturated carbocycles. The molecule has 0 aromatic heterocycles. The zero-order valence-corrected chi connectivity index (χ0v) is 22.2. The summed E-state index contributed by atoms with van der Waals surface area (Å²) in [6.45, 7) is 3.50. The second kappa shape index (κ2) is 14.7. The molecule has 1 amide bonds. The average molecular weight is 534 g/mol. The normalized spacial score (nSPS) is 22.2. The second-order valence-corrected chi connectivity index (χ2v) is 9.90. The van der Waals surface area contributed by atoms with Gasteiger partial charge in [0.2, 0.25) is 5.91 Å². The van der Waals surface area contributed by atoms with Crippen molar-refractivity contribution in [1.82, 2.24) is 10.2 Å². The number of hydrogen-bond donors (Lipinski definition) is 1. The van der Waals surface area contributed by atoms with Gasteiger partial charge in [0.25, 0.3) is 5.09 Å². The lowest BCUT2D eigenvalue weighted by Gasteiger charge is -2.35. The highest BCUT2D eigenvalue weighted by atomic mass is 16.9. The standard InChI is InChI=1S/C27H39N3O8/c1-3-36-26(32)22(15-14-20-10-5-4-6-11-20)28-19(2)25(31)29-23-13-8-7-12-21(23)18-24(29)27(33)37-16-9-17-38-30(34)35/h4-6,10-11,19,21-24,28H,3,7-9,12-18H2,1-2H3. The van der Waals surface area contributed by atoms with E-state index < -0.39 is 35.2 Å². The molecular formula is C27H39N3O8. The number of fused-ring (bicyclic) bond motifs is 1. The van der Waals surface area contributed by atoms with Crippen LogP contribution < -0.4 is 5.32 Å². The van der Waals surface area contributed by atoms with Gasteiger partial charge in [0.15, 0.2) is 0 Å². The predicted octanol–water partition coefficient (Wildman–Crippen LogP) is 2.83. The van der Waals surface area contributed by atoms with E-state index in [9.17, 15) is 24.5 Å². The van der Waals surface area contributed by atoms with Crippen LogP contribution in [0.4, 0.5) is 0 Å². The van der Waals surface area contributed by atoms with E-state index in [4.69, 9.17) is 9.47 Å². The highest BCUT2D eigenvalue weighted by Gasteiger charge is 2.49. The first-order chi connectivity index (χ1) is 18.3. The Morgan fingerprint density at radius 2 is 1.87 bits per heavy atom. The van der Waals surface area contributed by atoms with E-state index in [-0.39, 0.29) is 44.1 Å². The van der Waals surface area contributed by atoms with Crippen LogP contribution in [0.1, 0.15) is 64.4 Å². The van der Waals surface area contributed by atoms with Crippen LogP contribution in [-0.4, -0.2) is 71.8 Å². The van der Waals surface area contributed by atoms with Gasteiger partial charge in [0, 0.05) is 12.5 Å². The Balaban J connectivity index is 1.66. The quantitative estimate of drug-likeness (QED) is 0.166. The number of amides is 1. The van der Waals surface area contributed by atoms with Gasteiger partial charge in [-0.15, -0.1) is 10.1 Å². The van der Waals surface area contributed by atoms with Crippen molar-refractivity contribution in [3.05, 3.63) is 46.0 Å². The summed E-state index contributed by atoms with van der Waals surface area (Å²) in [5, 5.41) is 12.6. The van der Waals surface area contributed by atoms with Gasteiger partial charge in [-0.05, 0) is 57.4 Å². The Morgan fingerprint density at radius 3 is 2.58 bits per heavy atom. The number of aryl methyl sites for hydroxylation is 1. The Morgan fingerprint density at radius 1 is 1.13 bits per heavy atom. The molecule has 2 fully saturated rings. The van der Waals surface area contributed by atoms with Crippen molar-refractivity contribution in [1.29, 1.82) is 0 Å². The lowest BCUT2D eigenvalue weighted by molar-refractivity contribution is -0.757. The molecule has 5 atom stereocenters. The molecule has 1 aliphatic carbocycles. The molecule has 1 saturated heterocycles. The van der Waals surface area contributed by atoms with Gasteiger partial charge in [-0.25, -0.2) is 4.79 Å². The molecule has 3 rings (SSSR count). The van der Waals surface area contributed by atoms with E-state index >= 15 is 0 Å². The van der Waals surface area contributed by atoms with Gasteiger partial charge in [-0.3, -0.25) is 14.9 Å². The summed E-state index contributed by atoms with van der Waals surface area (Å²) in [6.07, 6.45) is 5.62. The second-order valence-electron chi connectivity index (χ2n) is 9.90. The number of carbonyl (C=O) groups is 3. The summed E-state index contributed by atoms with van der Waals surface area (Å²) in [4.78, 5) is 55.7. The van der Waals surface area contributed by atoms with Gasteiger partial charge in [0.1, 0.15) is 12.1 Å². The van der Waals surface area contributed by atoms with Gasteiger partial charge in [0.05, 0.1) is 25.9 Å². The summed E-state index contributed by atoms with van der Waals surface area (Å²) in [6, 6.07) is 7.63. The SMILES string of the molecule is CCOC(=O)C(CCc1ccccc1)NC(C)C(=O)N1C(C(=O)OCCCO[N+](=O)[O-])CC2CCCCC21. The molecule has 11 nitrogen and oxygen atoms in total. The Hall–Kier alpha value is -3.21. The number of esters is 2. The fourth-order valence-electron chi connectivity index (χ4n) is 5.52. The third-order valence-corrected chi connectivity index (χ3v) is 7.30. The largest absolute Gasteiger partial charge is 0.465 e. The van der Waals surface area contributed by atoms with Gasteiger partial charge >= 0.3 is 11.9 Å². The maximum Gasteiger partial charge on any atom is 0.328 e. The van der Waals surface area contributed by atoms with E-state index in [2.05, 4.69) is 10.2 Å². The van der Waals surface area contributed by atoms with Crippen LogP contribution in [0, 0.1) is 16.0 Å². The Kier molecular flexibility index (Phi) is 11.3. The monoisotopic (exact) mass is 533 g/mol. The van der Waals surface area contributed by atoms with Crippen LogP contribution in [0.15, 0.2) is 30.3 Å². The van der Waals surface area contributed by atoms with Crippen LogP contribution >= 0.6 is 0 Å². The minimum Gasteiger partial charge on any atom is -0.465 e. The summed E-state index contributed by atoms with van der Waals surface area (Å²) in [7, 11) is 0. The third-order valence-electron chi connectivity index (χ3n) is 7.30. The summed E-state index contributed by atoms with van der Waals surface area (Å²) < 4.78 is 10.7. The molecule has 1 aromatic carbocycles. The summed E-state index contributed by atoms with van der Waals surface area (Å²) in [5.41, 5.74) is 1.08. The number of nitrogens with zero attached hydrogens (tertiary/aromatic N) is 2. The summed E-state index contributed by atoms with van der Waals surface area (Å²) in [5.74, 6) is -0.943. The predicted molar refractivity (Wildman–Crippen MR) is 137 cm³/mol. The van der Waals surface area contributed by atoms with Crippen LogP contribution in [0.3, 0.4) is 0 Å². The molecule has 1 aliphatic heterocycles. The molecule has 2 aliphatic rings. The fourth-order valence-corrected chi connectivity index (χ4v) is 5.52. The maximum absolute atomic E-state index is 13.8. The molecule has 38 heavy (non-hydrogen) atoms. The molecule has 1 heterocycles. The van der Waals surface area contributed by atoms with E-state index in [1.54, 1.807) is 18.7 Å². The topological polar surface area (TPSA) is 137 Å². The van der Waals surface area contributed by atoms with Crippen LogP contribution in [-0.2, 0) is 35.1 Å². The maximum atomic E-state index is 13.8. The summed E-state index contributed by atoms with van der Waals surface area (Å²) >= 11 is 0. The van der Waals surface area contributed by atoms with E-state index in [0.29, 0.717) is 19.3 Å². The highest BCUT2D eigenvalue weighted by molar-refractivity contribution is 5.89. The first-order valence-electron chi connectivity index (χ1n) is 13.5. The van der Waals surface area contributed by atoms with Crippen LogP contribution in [0.25, 0.3) is 0 Å². The molecule has 5 unspecified atom stereocenters. The molecule has 1 N–H and O–H groups in total. The molecule has 0 bridgehead atoms. The van der Waals surface area contributed by atoms with Crippen molar-refractivity contribution in [3.8, 4) is 0 Å².